The van der Waals surface area contributed by atoms with Gasteiger partial charge in [-0.3, -0.25) is 4.79 Å². The maximum Gasteiger partial charge on any atom is 0.253 e. The summed E-state index contributed by atoms with van der Waals surface area (Å²) in [5.41, 5.74) is 5.79. The van der Waals surface area contributed by atoms with Crippen molar-refractivity contribution in [2.24, 2.45) is 0 Å². The highest BCUT2D eigenvalue weighted by Gasteiger charge is 2.16. The molecule has 1 aliphatic heterocycles. The van der Waals surface area contributed by atoms with E-state index >= 15 is 0 Å². The van der Waals surface area contributed by atoms with Gasteiger partial charge in [0.2, 0.25) is 11.8 Å². The van der Waals surface area contributed by atoms with E-state index in [1.54, 1.807) is 4.90 Å². The lowest BCUT2D eigenvalue weighted by atomic mass is 10.1. The third kappa shape index (κ3) is 5.11. The summed E-state index contributed by atoms with van der Waals surface area (Å²) < 4.78 is 5.90. The SMILES string of the molecule is Cc1ccccc1-c1nnc(-c2ccc(C(=O)N(C)Cc3ccc(N4CCCCC4)cc3)cc2)o1. The first kappa shape index (κ1) is 22.8. The van der Waals surface area contributed by atoms with E-state index in [-0.39, 0.29) is 5.91 Å². The Morgan fingerprint density at radius 2 is 1.57 bits per heavy atom. The topological polar surface area (TPSA) is 62.5 Å². The number of hydrogen-bond acceptors (Lipinski definition) is 5. The quantitative estimate of drug-likeness (QED) is 0.350. The molecule has 1 fully saturated rings. The zero-order valence-electron chi connectivity index (χ0n) is 20.3. The smallest absolute Gasteiger partial charge is 0.253 e. The van der Waals surface area contributed by atoms with Gasteiger partial charge in [0, 0.05) is 49.1 Å². The maximum absolute atomic E-state index is 13.0. The third-order valence-electron chi connectivity index (χ3n) is 6.60. The zero-order valence-corrected chi connectivity index (χ0v) is 20.3. The normalized spacial score (nSPS) is 13.6. The molecule has 2 heterocycles. The molecule has 6 heteroatoms. The molecule has 0 unspecified atom stereocenters. The average Bonchev–Trinajstić information content (AvgIpc) is 3.40. The van der Waals surface area contributed by atoms with Crippen LogP contribution in [0.4, 0.5) is 5.69 Å². The fraction of sp³-hybridized carbons (Fsp3) is 0.276. The number of piperidine rings is 1. The van der Waals surface area contributed by atoms with Gasteiger partial charge in [0.15, 0.2) is 0 Å². The summed E-state index contributed by atoms with van der Waals surface area (Å²) in [7, 11) is 1.83. The Hall–Kier alpha value is -3.93. The van der Waals surface area contributed by atoms with Crippen LogP contribution in [0.15, 0.2) is 77.2 Å². The number of nitrogens with zero attached hydrogens (tertiary/aromatic N) is 4. The molecule has 1 amide bonds. The molecule has 35 heavy (non-hydrogen) atoms. The van der Waals surface area contributed by atoms with Gasteiger partial charge in [0.05, 0.1) is 0 Å². The van der Waals surface area contributed by atoms with E-state index < -0.39 is 0 Å². The summed E-state index contributed by atoms with van der Waals surface area (Å²) in [5.74, 6) is 0.900. The largest absolute Gasteiger partial charge is 0.416 e. The van der Waals surface area contributed by atoms with Crippen LogP contribution in [-0.4, -0.2) is 41.1 Å². The van der Waals surface area contributed by atoms with Crippen LogP contribution in [-0.2, 0) is 6.54 Å². The second-order valence-corrected chi connectivity index (χ2v) is 9.18. The minimum absolute atomic E-state index is 0.0252. The van der Waals surface area contributed by atoms with Gasteiger partial charge >= 0.3 is 0 Å². The van der Waals surface area contributed by atoms with Crippen LogP contribution in [0.1, 0.15) is 40.7 Å². The number of hydrogen-bond donors (Lipinski definition) is 0. The maximum atomic E-state index is 13.0. The molecule has 0 N–H and O–H groups in total. The van der Waals surface area contributed by atoms with Crippen molar-refractivity contribution >= 4 is 11.6 Å². The van der Waals surface area contributed by atoms with E-state index in [9.17, 15) is 4.79 Å². The van der Waals surface area contributed by atoms with Crippen molar-refractivity contribution in [1.29, 1.82) is 0 Å². The third-order valence-corrected chi connectivity index (χ3v) is 6.60. The highest BCUT2D eigenvalue weighted by molar-refractivity contribution is 5.94. The standard InChI is InChI=1S/C29H30N4O2/c1-21-8-4-5-9-26(21)28-31-30-27(35-28)23-12-14-24(15-13-23)29(34)32(2)20-22-10-16-25(17-11-22)33-18-6-3-7-19-33/h4-5,8-17H,3,6-7,18-20H2,1-2H3. The van der Waals surface area contributed by atoms with Crippen LogP contribution in [0.2, 0.25) is 0 Å². The molecule has 178 valence electrons. The minimum Gasteiger partial charge on any atom is -0.416 e. The van der Waals surface area contributed by atoms with Crippen LogP contribution in [0.3, 0.4) is 0 Å². The molecule has 0 spiro atoms. The van der Waals surface area contributed by atoms with Gasteiger partial charge in [-0.25, -0.2) is 0 Å². The van der Waals surface area contributed by atoms with Gasteiger partial charge in [-0.1, -0.05) is 30.3 Å². The lowest BCUT2D eigenvalue weighted by molar-refractivity contribution is 0.0785. The van der Waals surface area contributed by atoms with Gasteiger partial charge in [-0.05, 0) is 79.8 Å². The Labute approximate surface area is 206 Å². The number of amides is 1. The number of carbonyl (C=O) groups is 1. The molecular weight excluding hydrogens is 436 g/mol. The lowest BCUT2D eigenvalue weighted by Crippen LogP contribution is -2.29. The van der Waals surface area contributed by atoms with Crippen LogP contribution in [0.5, 0.6) is 0 Å². The molecule has 1 saturated heterocycles. The van der Waals surface area contributed by atoms with Gasteiger partial charge in [-0.2, -0.15) is 0 Å². The molecule has 1 aromatic heterocycles. The number of carbonyl (C=O) groups excluding carboxylic acids is 1. The molecule has 6 nitrogen and oxygen atoms in total. The summed E-state index contributed by atoms with van der Waals surface area (Å²) in [6.07, 6.45) is 3.85. The highest BCUT2D eigenvalue weighted by atomic mass is 16.4. The fourth-order valence-electron chi connectivity index (χ4n) is 4.55. The average molecular weight is 467 g/mol. The summed E-state index contributed by atoms with van der Waals surface area (Å²) in [4.78, 5) is 17.2. The van der Waals surface area contributed by atoms with E-state index in [2.05, 4.69) is 39.4 Å². The minimum atomic E-state index is -0.0252. The lowest BCUT2D eigenvalue weighted by Gasteiger charge is -2.29. The highest BCUT2D eigenvalue weighted by Crippen LogP contribution is 2.26. The summed E-state index contributed by atoms with van der Waals surface area (Å²) in [6.45, 7) is 4.83. The molecular formula is C29H30N4O2. The van der Waals surface area contributed by atoms with Crippen LogP contribution < -0.4 is 4.90 Å². The van der Waals surface area contributed by atoms with E-state index in [1.165, 1.54) is 24.9 Å². The fourth-order valence-corrected chi connectivity index (χ4v) is 4.55. The predicted molar refractivity (Wildman–Crippen MR) is 138 cm³/mol. The van der Waals surface area contributed by atoms with Gasteiger partial charge in [0.1, 0.15) is 0 Å². The monoisotopic (exact) mass is 466 g/mol. The van der Waals surface area contributed by atoms with Gasteiger partial charge < -0.3 is 14.2 Å². The second-order valence-electron chi connectivity index (χ2n) is 9.18. The van der Waals surface area contributed by atoms with Crippen LogP contribution in [0, 0.1) is 6.92 Å². The molecule has 0 aliphatic carbocycles. The molecule has 0 radical (unpaired) electrons. The first-order valence-corrected chi connectivity index (χ1v) is 12.2. The first-order chi connectivity index (χ1) is 17.1. The van der Waals surface area contributed by atoms with Crippen molar-refractivity contribution in [2.45, 2.75) is 32.7 Å². The number of rotatable bonds is 6. The van der Waals surface area contributed by atoms with Crippen molar-refractivity contribution in [3.63, 3.8) is 0 Å². The number of aromatic nitrogens is 2. The van der Waals surface area contributed by atoms with E-state index in [4.69, 9.17) is 4.42 Å². The number of anilines is 1. The molecule has 3 aromatic carbocycles. The second kappa shape index (κ2) is 10.1. The van der Waals surface area contributed by atoms with Crippen molar-refractivity contribution in [2.75, 3.05) is 25.0 Å². The van der Waals surface area contributed by atoms with Crippen molar-refractivity contribution in [3.05, 3.63) is 89.5 Å². The summed E-state index contributed by atoms with van der Waals surface area (Å²) >= 11 is 0. The molecule has 0 bridgehead atoms. The Morgan fingerprint density at radius 1 is 0.886 bits per heavy atom. The number of benzene rings is 3. The van der Waals surface area contributed by atoms with E-state index in [1.807, 2.05) is 62.5 Å². The molecule has 0 atom stereocenters. The van der Waals surface area contributed by atoms with Crippen molar-refractivity contribution in [3.8, 4) is 22.9 Å². The Morgan fingerprint density at radius 3 is 2.29 bits per heavy atom. The van der Waals surface area contributed by atoms with Crippen LogP contribution in [0.25, 0.3) is 22.9 Å². The Balaban J connectivity index is 1.23. The Kier molecular flexibility index (Phi) is 6.62. The number of aryl methyl sites for hydroxylation is 1. The first-order valence-electron chi connectivity index (χ1n) is 12.2. The van der Waals surface area contributed by atoms with Crippen molar-refractivity contribution in [1.82, 2.24) is 15.1 Å². The molecule has 0 saturated carbocycles. The van der Waals surface area contributed by atoms with E-state index in [0.717, 1.165) is 35.3 Å². The van der Waals surface area contributed by atoms with Gasteiger partial charge in [-0.15, -0.1) is 10.2 Å². The predicted octanol–water partition coefficient (Wildman–Crippen LogP) is 5.97. The molecule has 5 rings (SSSR count). The Bertz CT molecular complexity index is 1290. The summed E-state index contributed by atoms with van der Waals surface area (Å²) in [6, 6.07) is 23.8. The summed E-state index contributed by atoms with van der Waals surface area (Å²) in [5, 5.41) is 8.39. The van der Waals surface area contributed by atoms with Gasteiger partial charge in [0.25, 0.3) is 5.91 Å². The molecule has 4 aromatic rings. The zero-order chi connectivity index (χ0) is 24.2. The van der Waals surface area contributed by atoms with Crippen LogP contribution >= 0.6 is 0 Å². The van der Waals surface area contributed by atoms with Crippen molar-refractivity contribution < 1.29 is 9.21 Å². The van der Waals surface area contributed by atoms with E-state index in [0.29, 0.717) is 23.9 Å². The molecule has 1 aliphatic rings.